The molecule has 1 amide bonds. The van der Waals surface area contributed by atoms with Crippen molar-refractivity contribution in [2.75, 3.05) is 19.6 Å². The van der Waals surface area contributed by atoms with Gasteiger partial charge in [0.15, 0.2) is 0 Å². The van der Waals surface area contributed by atoms with Crippen LogP contribution in [0.25, 0.3) is 0 Å². The van der Waals surface area contributed by atoms with Crippen molar-refractivity contribution < 1.29 is 17.9 Å². The molecule has 0 bridgehead atoms. The molecular weight excluding hydrogens is 380 g/mol. The Morgan fingerprint density at radius 2 is 1.86 bits per heavy atom. The maximum Gasteiger partial charge on any atom is 0.251 e. The third-order valence-corrected chi connectivity index (χ3v) is 6.54. The molecule has 1 N–H and O–H groups in total. The molecule has 152 valence electrons. The molecule has 2 aromatic rings. The number of carbonyl (C=O) groups is 1. The highest BCUT2D eigenvalue weighted by Gasteiger charge is 2.32. The molecule has 3 rings (SSSR count). The normalized spacial score (nSPS) is 20.8. The maximum absolute atomic E-state index is 12.9. The van der Waals surface area contributed by atoms with Crippen LogP contribution >= 0.6 is 0 Å². The topological polar surface area (TPSA) is 93.5 Å². The van der Waals surface area contributed by atoms with E-state index in [1.54, 1.807) is 6.20 Å². The molecule has 2 atom stereocenters. The van der Waals surface area contributed by atoms with Gasteiger partial charge in [-0.1, -0.05) is 0 Å². The highest BCUT2D eigenvalue weighted by Crippen LogP contribution is 2.21. The number of carbonyl (C=O) groups excluding carboxylic acids is 1. The summed E-state index contributed by atoms with van der Waals surface area (Å²) < 4.78 is 34.7. The van der Waals surface area contributed by atoms with Crippen molar-refractivity contribution in [2.24, 2.45) is 7.05 Å². The summed E-state index contributed by atoms with van der Waals surface area (Å²) in [5.74, 6) is 0.641. The fraction of sp³-hybridized carbons (Fsp3) is 0.474. The molecule has 1 saturated heterocycles. The quantitative estimate of drug-likeness (QED) is 0.778. The third kappa shape index (κ3) is 4.60. The van der Waals surface area contributed by atoms with Gasteiger partial charge in [0.2, 0.25) is 10.0 Å². The van der Waals surface area contributed by atoms with Crippen LogP contribution in [-0.2, 0) is 28.2 Å². The maximum atomic E-state index is 12.9. The number of amides is 1. The number of hydrogen-bond donors (Lipinski definition) is 1. The average molecular weight is 407 g/mol. The number of ether oxygens (including phenoxy) is 1. The van der Waals surface area contributed by atoms with Crippen LogP contribution in [0.4, 0.5) is 0 Å². The second kappa shape index (κ2) is 8.42. The van der Waals surface area contributed by atoms with E-state index in [2.05, 4.69) is 10.3 Å². The van der Waals surface area contributed by atoms with Crippen LogP contribution in [0.1, 0.15) is 30.0 Å². The van der Waals surface area contributed by atoms with Crippen molar-refractivity contribution in [2.45, 2.75) is 37.4 Å². The number of nitrogens with one attached hydrogen (secondary N) is 1. The molecule has 0 spiro atoms. The first-order valence-electron chi connectivity index (χ1n) is 9.27. The van der Waals surface area contributed by atoms with E-state index in [1.807, 2.05) is 31.7 Å². The second-order valence-corrected chi connectivity index (χ2v) is 9.00. The Morgan fingerprint density at radius 1 is 1.21 bits per heavy atom. The zero-order valence-electron chi connectivity index (χ0n) is 16.3. The van der Waals surface area contributed by atoms with Crippen LogP contribution in [0.15, 0.2) is 41.6 Å². The van der Waals surface area contributed by atoms with Gasteiger partial charge in [0, 0.05) is 51.1 Å². The number of morpholine rings is 1. The number of nitrogens with zero attached hydrogens (tertiary/aromatic N) is 3. The van der Waals surface area contributed by atoms with Crippen molar-refractivity contribution in [1.29, 1.82) is 0 Å². The first kappa shape index (κ1) is 20.5. The molecule has 0 saturated carbocycles. The van der Waals surface area contributed by atoms with Crippen molar-refractivity contribution in [3.8, 4) is 0 Å². The fourth-order valence-corrected chi connectivity index (χ4v) is 4.87. The molecule has 9 heteroatoms. The molecular formula is C19H26N4O4S. The van der Waals surface area contributed by atoms with Crippen molar-refractivity contribution >= 4 is 15.9 Å². The highest BCUT2D eigenvalue weighted by molar-refractivity contribution is 7.89. The minimum absolute atomic E-state index is 0.151. The van der Waals surface area contributed by atoms with Gasteiger partial charge in [-0.25, -0.2) is 13.4 Å². The summed E-state index contributed by atoms with van der Waals surface area (Å²) in [5.41, 5.74) is 0.419. The molecule has 0 aliphatic carbocycles. The lowest BCUT2D eigenvalue weighted by Crippen LogP contribution is -2.48. The number of sulfonamides is 1. The third-order valence-electron chi connectivity index (χ3n) is 4.70. The molecule has 8 nitrogen and oxygen atoms in total. The van der Waals surface area contributed by atoms with Gasteiger partial charge in [-0.05, 0) is 38.1 Å². The van der Waals surface area contributed by atoms with Crippen LogP contribution in [-0.4, -0.2) is 60.0 Å². The molecule has 1 aromatic heterocycles. The molecule has 1 aliphatic heterocycles. The summed E-state index contributed by atoms with van der Waals surface area (Å²) in [6.07, 6.45) is 3.89. The molecule has 1 aliphatic rings. The van der Waals surface area contributed by atoms with E-state index >= 15 is 0 Å². The van der Waals surface area contributed by atoms with Gasteiger partial charge in [0.1, 0.15) is 5.82 Å². The van der Waals surface area contributed by atoms with E-state index in [-0.39, 0.29) is 23.0 Å². The molecule has 1 aromatic carbocycles. The Bertz CT molecular complexity index is 914. The first-order valence-corrected chi connectivity index (χ1v) is 10.7. The summed E-state index contributed by atoms with van der Waals surface area (Å²) in [7, 11) is -1.71. The van der Waals surface area contributed by atoms with Crippen molar-refractivity contribution in [3.05, 3.63) is 48.0 Å². The number of aromatic nitrogens is 2. The lowest BCUT2D eigenvalue weighted by Gasteiger charge is -2.34. The minimum atomic E-state index is -3.61. The Labute approximate surface area is 165 Å². The van der Waals surface area contributed by atoms with E-state index in [9.17, 15) is 13.2 Å². The minimum Gasteiger partial charge on any atom is -0.373 e. The number of imidazole rings is 1. The van der Waals surface area contributed by atoms with Gasteiger partial charge in [-0.15, -0.1) is 0 Å². The number of hydrogen-bond acceptors (Lipinski definition) is 5. The Morgan fingerprint density at radius 3 is 2.43 bits per heavy atom. The van der Waals surface area contributed by atoms with Crippen LogP contribution in [0, 0.1) is 0 Å². The first-order chi connectivity index (χ1) is 13.3. The standard InChI is InChI=1S/C19H26N4O4S/c1-14-12-23(13-15(2)27-14)28(25,26)17-6-4-16(5-7-17)19(24)21-9-8-18-20-10-11-22(18)3/h4-7,10-11,14-15H,8-9,12-13H2,1-3H3,(H,21,24)/t14-,15+. The predicted octanol–water partition coefficient (Wildman–Crippen LogP) is 1.19. The number of rotatable bonds is 6. The van der Waals surface area contributed by atoms with Gasteiger partial charge in [-0.2, -0.15) is 4.31 Å². The number of benzene rings is 1. The summed E-state index contributed by atoms with van der Waals surface area (Å²) in [6.45, 7) is 4.81. The van der Waals surface area contributed by atoms with Gasteiger partial charge < -0.3 is 14.6 Å². The molecule has 0 unspecified atom stereocenters. The summed E-state index contributed by atoms with van der Waals surface area (Å²) in [5, 5.41) is 2.83. The molecule has 28 heavy (non-hydrogen) atoms. The zero-order valence-corrected chi connectivity index (χ0v) is 17.1. The van der Waals surface area contributed by atoms with Crippen molar-refractivity contribution in [3.63, 3.8) is 0 Å². The van der Waals surface area contributed by atoms with E-state index in [0.29, 0.717) is 31.6 Å². The van der Waals surface area contributed by atoms with E-state index in [1.165, 1.54) is 28.6 Å². The van der Waals surface area contributed by atoms with Crippen molar-refractivity contribution in [1.82, 2.24) is 19.2 Å². The molecule has 0 radical (unpaired) electrons. The van der Waals surface area contributed by atoms with Gasteiger partial charge in [-0.3, -0.25) is 4.79 Å². The molecule has 2 heterocycles. The van der Waals surface area contributed by atoms with E-state index in [4.69, 9.17) is 4.74 Å². The van der Waals surface area contributed by atoms with Crippen LogP contribution < -0.4 is 5.32 Å². The Kier molecular flexibility index (Phi) is 6.17. The lowest BCUT2D eigenvalue weighted by molar-refractivity contribution is -0.0440. The Balaban J connectivity index is 1.62. The van der Waals surface area contributed by atoms with E-state index in [0.717, 1.165) is 5.82 Å². The van der Waals surface area contributed by atoms with Gasteiger partial charge in [0.25, 0.3) is 5.91 Å². The zero-order chi connectivity index (χ0) is 20.3. The number of aryl methyl sites for hydroxylation is 1. The monoisotopic (exact) mass is 406 g/mol. The van der Waals surface area contributed by atoms with Crippen LogP contribution in [0.3, 0.4) is 0 Å². The van der Waals surface area contributed by atoms with Gasteiger partial charge >= 0.3 is 0 Å². The van der Waals surface area contributed by atoms with E-state index < -0.39 is 10.0 Å². The largest absolute Gasteiger partial charge is 0.373 e. The SMILES string of the molecule is C[C@@H]1CN(S(=O)(=O)c2ccc(C(=O)NCCc3nccn3C)cc2)C[C@H](C)O1. The highest BCUT2D eigenvalue weighted by atomic mass is 32.2. The molecule has 1 fully saturated rings. The average Bonchev–Trinajstić information content (AvgIpc) is 3.06. The van der Waals surface area contributed by atoms with Gasteiger partial charge in [0.05, 0.1) is 17.1 Å². The summed E-state index contributed by atoms with van der Waals surface area (Å²) in [6, 6.07) is 6.04. The summed E-state index contributed by atoms with van der Waals surface area (Å²) in [4.78, 5) is 16.7. The summed E-state index contributed by atoms with van der Waals surface area (Å²) >= 11 is 0. The Hall–Kier alpha value is -2.23. The predicted molar refractivity (Wildman–Crippen MR) is 104 cm³/mol. The second-order valence-electron chi connectivity index (χ2n) is 7.06. The lowest BCUT2D eigenvalue weighted by atomic mass is 10.2. The van der Waals surface area contributed by atoms with Crippen LogP contribution in [0.5, 0.6) is 0 Å². The fourth-order valence-electron chi connectivity index (χ4n) is 3.28. The van der Waals surface area contributed by atoms with Crippen LogP contribution in [0.2, 0.25) is 0 Å². The smallest absolute Gasteiger partial charge is 0.251 e.